The van der Waals surface area contributed by atoms with Crippen LogP contribution in [0.4, 0.5) is 0 Å². The molecule has 0 radical (unpaired) electrons. The predicted octanol–water partition coefficient (Wildman–Crippen LogP) is -0.702. The van der Waals surface area contributed by atoms with Gasteiger partial charge in [0.1, 0.15) is 0 Å². The van der Waals surface area contributed by atoms with Crippen LogP contribution in [0.3, 0.4) is 0 Å². The van der Waals surface area contributed by atoms with E-state index in [1.165, 1.54) is 5.56 Å². The second-order valence-corrected chi connectivity index (χ2v) is 3.12. The first-order valence-corrected chi connectivity index (χ1v) is 4.61. The highest BCUT2D eigenvalue weighted by atomic mass is 16.1. The Morgan fingerprint density at radius 2 is 2.43 bits per heavy atom. The maximum absolute atomic E-state index is 10.8. The molecule has 0 aliphatic rings. The van der Waals surface area contributed by atoms with E-state index in [0.29, 0.717) is 6.54 Å². The van der Waals surface area contributed by atoms with Crippen molar-refractivity contribution in [1.29, 1.82) is 0 Å². The van der Waals surface area contributed by atoms with Crippen LogP contribution in [0.5, 0.6) is 0 Å². The predicted molar refractivity (Wildman–Crippen MR) is 53.8 cm³/mol. The molecule has 0 aliphatic carbocycles. The number of aryl methyl sites for hydroxylation is 1. The Hall–Kier alpha value is -1.36. The molecule has 0 atom stereocenters. The lowest BCUT2D eigenvalue weighted by Gasteiger charge is -2.01. The molecule has 2 N–H and O–H groups in total. The second-order valence-electron chi connectivity index (χ2n) is 3.12. The smallest absolute Gasteiger partial charge is 0.233 e. The van der Waals surface area contributed by atoms with Gasteiger partial charge in [-0.3, -0.25) is 9.48 Å². The van der Waals surface area contributed by atoms with Gasteiger partial charge in [0.25, 0.3) is 0 Å². The molecule has 0 spiro atoms. The highest BCUT2D eigenvalue weighted by Crippen LogP contribution is 1.95. The number of nitrogens with one attached hydrogen (secondary N) is 2. The standard InChI is InChI=1S/C9H16N4O/c1-10-9(14)6-11-4-3-8-5-12-13(2)7-8/h5,7,11H,3-4,6H2,1-2H3,(H,10,14). The Morgan fingerprint density at radius 1 is 1.64 bits per heavy atom. The van der Waals surface area contributed by atoms with Crippen molar-refractivity contribution in [3.63, 3.8) is 0 Å². The third-order valence-corrected chi connectivity index (χ3v) is 1.91. The molecule has 1 heterocycles. The fourth-order valence-corrected chi connectivity index (χ4v) is 1.12. The van der Waals surface area contributed by atoms with Gasteiger partial charge in [-0.15, -0.1) is 0 Å². The van der Waals surface area contributed by atoms with Gasteiger partial charge in [0, 0.05) is 20.3 Å². The SMILES string of the molecule is CNC(=O)CNCCc1cnn(C)c1. The minimum Gasteiger partial charge on any atom is -0.358 e. The third-order valence-electron chi connectivity index (χ3n) is 1.91. The maximum atomic E-state index is 10.8. The summed E-state index contributed by atoms with van der Waals surface area (Å²) in [7, 11) is 3.52. The number of rotatable bonds is 5. The number of carbonyl (C=O) groups is 1. The molecule has 14 heavy (non-hydrogen) atoms. The van der Waals surface area contributed by atoms with Crippen LogP contribution >= 0.6 is 0 Å². The quantitative estimate of drug-likeness (QED) is 0.612. The van der Waals surface area contributed by atoms with Gasteiger partial charge in [-0.2, -0.15) is 5.10 Å². The van der Waals surface area contributed by atoms with Gasteiger partial charge >= 0.3 is 0 Å². The monoisotopic (exact) mass is 196 g/mol. The van der Waals surface area contributed by atoms with Crippen molar-refractivity contribution in [3.8, 4) is 0 Å². The topological polar surface area (TPSA) is 59.0 Å². The normalized spacial score (nSPS) is 10.1. The van der Waals surface area contributed by atoms with E-state index in [4.69, 9.17) is 0 Å². The molecule has 0 unspecified atom stereocenters. The Bertz CT molecular complexity index is 295. The highest BCUT2D eigenvalue weighted by Gasteiger charge is 1.98. The van der Waals surface area contributed by atoms with Gasteiger partial charge in [0.05, 0.1) is 12.7 Å². The molecule has 0 aliphatic heterocycles. The lowest BCUT2D eigenvalue weighted by molar-refractivity contribution is -0.119. The van der Waals surface area contributed by atoms with Crippen LogP contribution in [0.2, 0.25) is 0 Å². The van der Waals surface area contributed by atoms with Crippen LogP contribution in [0.1, 0.15) is 5.56 Å². The highest BCUT2D eigenvalue weighted by molar-refractivity contribution is 5.77. The molecule has 78 valence electrons. The van der Waals surface area contributed by atoms with E-state index in [-0.39, 0.29) is 5.91 Å². The minimum atomic E-state index is 0.0104. The molecule has 0 bridgehead atoms. The largest absolute Gasteiger partial charge is 0.358 e. The van der Waals surface area contributed by atoms with Gasteiger partial charge in [-0.1, -0.05) is 0 Å². The Morgan fingerprint density at radius 3 is 3.00 bits per heavy atom. The van der Waals surface area contributed by atoms with E-state index in [0.717, 1.165) is 13.0 Å². The molecule has 1 amide bonds. The van der Waals surface area contributed by atoms with Crippen LogP contribution in [-0.2, 0) is 18.3 Å². The summed E-state index contributed by atoms with van der Waals surface area (Å²) in [5.74, 6) is 0.0104. The van der Waals surface area contributed by atoms with Crippen molar-refractivity contribution >= 4 is 5.91 Å². The number of hydrogen-bond donors (Lipinski definition) is 2. The lowest BCUT2D eigenvalue weighted by Crippen LogP contribution is -2.32. The second kappa shape index (κ2) is 5.39. The summed E-state index contributed by atoms with van der Waals surface area (Å²) in [6.45, 7) is 1.16. The van der Waals surface area contributed by atoms with Crippen molar-refractivity contribution in [1.82, 2.24) is 20.4 Å². The van der Waals surface area contributed by atoms with E-state index in [9.17, 15) is 4.79 Å². The van der Waals surface area contributed by atoms with Crippen molar-refractivity contribution in [2.45, 2.75) is 6.42 Å². The number of aromatic nitrogens is 2. The zero-order chi connectivity index (χ0) is 10.4. The first-order chi connectivity index (χ1) is 6.72. The van der Waals surface area contributed by atoms with Crippen molar-refractivity contribution in [3.05, 3.63) is 18.0 Å². The summed E-state index contributed by atoms with van der Waals surface area (Å²) >= 11 is 0. The van der Waals surface area contributed by atoms with Crippen LogP contribution < -0.4 is 10.6 Å². The summed E-state index contributed by atoms with van der Waals surface area (Å²) in [6.07, 6.45) is 4.70. The fourth-order valence-electron chi connectivity index (χ4n) is 1.12. The number of carbonyl (C=O) groups excluding carboxylic acids is 1. The average molecular weight is 196 g/mol. The zero-order valence-electron chi connectivity index (χ0n) is 8.58. The molecular weight excluding hydrogens is 180 g/mol. The lowest BCUT2D eigenvalue weighted by atomic mass is 10.2. The number of hydrogen-bond acceptors (Lipinski definition) is 3. The van der Waals surface area contributed by atoms with E-state index in [1.54, 1.807) is 11.7 Å². The van der Waals surface area contributed by atoms with Gasteiger partial charge in [-0.25, -0.2) is 0 Å². The Kier molecular flexibility index (Phi) is 4.12. The Labute approximate surface area is 83.5 Å². The van der Waals surface area contributed by atoms with E-state index < -0.39 is 0 Å². The van der Waals surface area contributed by atoms with Gasteiger partial charge in [0.15, 0.2) is 0 Å². The third kappa shape index (κ3) is 3.57. The first-order valence-electron chi connectivity index (χ1n) is 4.61. The molecule has 1 aromatic heterocycles. The van der Waals surface area contributed by atoms with E-state index in [1.807, 2.05) is 19.4 Å². The number of nitrogens with zero attached hydrogens (tertiary/aromatic N) is 2. The van der Waals surface area contributed by atoms with Gasteiger partial charge in [-0.05, 0) is 18.5 Å². The van der Waals surface area contributed by atoms with E-state index in [2.05, 4.69) is 15.7 Å². The van der Waals surface area contributed by atoms with Crippen LogP contribution in [0.25, 0.3) is 0 Å². The van der Waals surface area contributed by atoms with Crippen LogP contribution in [0.15, 0.2) is 12.4 Å². The average Bonchev–Trinajstić information content (AvgIpc) is 2.58. The van der Waals surface area contributed by atoms with Crippen LogP contribution in [-0.4, -0.2) is 35.8 Å². The number of likely N-dealkylation sites (N-methyl/N-ethyl adjacent to an activating group) is 1. The maximum Gasteiger partial charge on any atom is 0.233 e. The molecule has 0 aromatic carbocycles. The summed E-state index contributed by atoms with van der Waals surface area (Å²) in [6, 6.07) is 0. The minimum absolute atomic E-state index is 0.0104. The molecular formula is C9H16N4O. The molecule has 0 saturated carbocycles. The van der Waals surface area contributed by atoms with Gasteiger partial charge in [0.2, 0.25) is 5.91 Å². The van der Waals surface area contributed by atoms with Crippen molar-refractivity contribution in [2.24, 2.45) is 7.05 Å². The Balaban J connectivity index is 2.13. The summed E-state index contributed by atoms with van der Waals surface area (Å²) < 4.78 is 1.77. The molecule has 1 rings (SSSR count). The zero-order valence-corrected chi connectivity index (χ0v) is 8.58. The molecule has 0 fully saturated rings. The van der Waals surface area contributed by atoms with Crippen LogP contribution in [0, 0.1) is 0 Å². The summed E-state index contributed by atoms with van der Waals surface area (Å²) in [4.78, 5) is 10.8. The van der Waals surface area contributed by atoms with Crippen molar-refractivity contribution in [2.75, 3.05) is 20.1 Å². The molecule has 5 heteroatoms. The first kappa shape index (κ1) is 10.7. The van der Waals surface area contributed by atoms with E-state index >= 15 is 0 Å². The molecule has 1 aromatic rings. The summed E-state index contributed by atoms with van der Waals surface area (Å²) in [5.41, 5.74) is 1.18. The molecule has 5 nitrogen and oxygen atoms in total. The number of amides is 1. The molecule has 0 saturated heterocycles. The summed E-state index contributed by atoms with van der Waals surface area (Å²) in [5, 5.41) is 9.65. The fraction of sp³-hybridized carbons (Fsp3) is 0.556. The van der Waals surface area contributed by atoms with Gasteiger partial charge < -0.3 is 10.6 Å². The van der Waals surface area contributed by atoms with Crippen molar-refractivity contribution < 1.29 is 4.79 Å².